The molecule has 1 aliphatic rings. The predicted octanol–water partition coefficient (Wildman–Crippen LogP) is 2.79. The van der Waals surface area contributed by atoms with E-state index in [1.165, 1.54) is 6.07 Å². The van der Waals surface area contributed by atoms with Gasteiger partial charge < -0.3 is 14.8 Å². The van der Waals surface area contributed by atoms with Crippen molar-refractivity contribution < 1.29 is 18.7 Å². The molecule has 2 aromatic rings. The number of fused-ring (bicyclic) bond motifs is 1. The molecule has 21 heavy (non-hydrogen) atoms. The van der Waals surface area contributed by atoms with Crippen LogP contribution in [-0.2, 0) is 6.54 Å². The van der Waals surface area contributed by atoms with Crippen LogP contribution in [0.4, 0.5) is 4.39 Å². The molecule has 0 spiro atoms. The molecule has 3 rings (SSSR count). The molecule has 0 bridgehead atoms. The van der Waals surface area contributed by atoms with Crippen molar-refractivity contribution in [1.82, 2.24) is 5.32 Å². The van der Waals surface area contributed by atoms with Crippen molar-refractivity contribution in [2.45, 2.75) is 13.5 Å². The van der Waals surface area contributed by atoms with Gasteiger partial charge >= 0.3 is 0 Å². The molecule has 0 fully saturated rings. The molecule has 1 heterocycles. The van der Waals surface area contributed by atoms with Crippen molar-refractivity contribution in [1.29, 1.82) is 0 Å². The fourth-order valence-electron chi connectivity index (χ4n) is 2.14. The van der Waals surface area contributed by atoms with Crippen LogP contribution in [0.25, 0.3) is 0 Å². The van der Waals surface area contributed by atoms with Gasteiger partial charge in [-0.2, -0.15) is 0 Å². The number of amides is 1. The summed E-state index contributed by atoms with van der Waals surface area (Å²) in [4.78, 5) is 12.1. The molecule has 5 heteroatoms. The van der Waals surface area contributed by atoms with E-state index < -0.39 is 0 Å². The summed E-state index contributed by atoms with van der Waals surface area (Å²) in [5, 5.41) is 2.80. The van der Waals surface area contributed by atoms with Crippen LogP contribution in [-0.4, -0.2) is 12.7 Å². The molecule has 0 aromatic heterocycles. The third-order valence-corrected chi connectivity index (χ3v) is 3.31. The highest BCUT2D eigenvalue weighted by Crippen LogP contribution is 2.32. The molecule has 1 N–H and O–H groups in total. The Kier molecular flexibility index (Phi) is 3.48. The summed E-state index contributed by atoms with van der Waals surface area (Å²) in [5.74, 6) is 0.747. The van der Waals surface area contributed by atoms with Gasteiger partial charge in [-0.3, -0.25) is 4.79 Å². The van der Waals surface area contributed by atoms with Crippen molar-refractivity contribution in [2.24, 2.45) is 0 Å². The first-order valence-electron chi connectivity index (χ1n) is 6.56. The minimum atomic E-state index is -0.249. The molecule has 0 atom stereocenters. The maximum atomic E-state index is 13.2. The summed E-state index contributed by atoms with van der Waals surface area (Å²) < 4.78 is 23.6. The van der Waals surface area contributed by atoms with Crippen LogP contribution in [0.5, 0.6) is 11.5 Å². The van der Waals surface area contributed by atoms with Crippen LogP contribution >= 0.6 is 0 Å². The van der Waals surface area contributed by atoms with Gasteiger partial charge in [0.15, 0.2) is 11.5 Å². The molecule has 0 unspecified atom stereocenters. The van der Waals surface area contributed by atoms with Gasteiger partial charge in [0.25, 0.3) is 5.91 Å². The molecule has 0 saturated heterocycles. The number of nitrogens with one attached hydrogen (secondary N) is 1. The zero-order chi connectivity index (χ0) is 14.8. The van der Waals surface area contributed by atoms with Crippen LogP contribution in [0.15, 0.2) is 36.4 Å². The lowest BCUT2D eigenvalue weighted by Gasteiger charge is -2.07. The van der Waals surface area contributed by atoms with E-state index in [1.54, 1.807) is 37.3 Å². The Bertz CT molecular complexity index is 700. The lowest BCUT2D eigenvalue weighted by molar-refractivity contribution is 0.0950. The summed E-state index contributed by atoms with van der Waals surface area (Å²) in [6.45, 7) is 2.21. The topological polar surface area (TPSA) is 47.6 Å². The Morgan fingerprint density at radius 1 is 1.19 bits per heavy atom. The Hall–Kier alpha value is -2.56. The lowest BCUT2D eigenvalue weighted by atomic mass is 10.1. The SMILES string of the molecule is Cc1cc(CNC(=O)c2ccc3c(c2)OCO3)ccc1F. The summed E-state index contributed by atoms with van der Waals surface area (Å²) >= 11 is 0. The van der Waals surface area contributed by atoms with Gasteiger partial charge in [-0.25, -0.2) is 4.39 Å². The molecular formula is C16H14FNO3. The number of carbonyl (C=O) groups is 1. The summed E-state index contributed by atoms with van der Waals surface area (Å²) in [7, 11) is 0. The smallest absolute Gasteiger partial charge is 0.251 e. The number of ether oxygens (including phenoxy) is 2. The average Bonchev–Trinajstić information content (AvgIpc) is 2.95. The number of hydrogen-bond donors (Lipinski definition) is 1. The average molecular weight is 287 g/mol. The fourth-order valence-corrected chi connectivity index (χ4v) is 2.14. The van der Waals surface area contributed by atoms with E-state index in [2.05, 4.69) is 5.32 Å². The van der Waals surface area contributed by atoms with Crippen LogP contribution in [0.1, 0.15) is 21.5 Å². The van der Waals surface area contributed by atoms with Gasteiger partial charge in [-0.15, -0.1) is 0 Å². The molecule has 0 radical (unpaired) electrons. The second kappa shape index (κ2) is 5.44. The molecule has 1 aliphatic heterocycles. The summed E-state index contributed by atoms with van der Waals surface area (Å²) in [6, 6.07) is 9.81. The quantitative estimate of drug-likeness (QED) is 0.944. The standard InChI is InChI=1S/C16H14FNO3/c1-10-6-11(2-4-13(10)17)8-18-16(19)12-3-5-14-15(7-12)21-9-20-14/h2-7H,8-9H2,1H3,(H,18,19). The Morgan fingerprint density at radius 3 is 2.81 bits per heavy atom. The highest BCUT2D eigenvalue weighted by molar-refractivity contribution is 5.94. The molecular weight excluding hydrogens is 273 g/mol. The van der Waals surface area contributed by atoms with E-state index in [1.807, 2.05) is 0 Å². The van der Waals surface area contributed by atoms with Gasteiger partial charge in [0.2, 0.25) is 6.79 Å². The number of benzene rings is 2. The molecule has 0 aliphatic carbocycles. The van der Waals surface area contributed by atoms with Gasteiger partial charge in [0.1, 0.15) is 5.82 Å². The van der Waals surface area contributed by atoms with Crippen molar-refractivity contribution in [2.75, 3.05) is 6.79 Å². The molecule has 108 valence electrons. The van der Waals surface area contributed by atoms with E-state index >= 15 is 0 Å². The van der Waals surface area contributed by atoms with Gasteiger partial charge in [0.05, 0.1) is 0 Å². The van der Waals surface area contributed by atoms with Gasteiger partial charge in [0, 0.05) is 12.1 Å². The first-order chi connectivity index (χ1) is 10.1. The van der Waals surface area contributed by atoms with Crippen molar-refractivity contribution in [3.63, 3.8) is 0 Å². The number of carbonyl (C=O) groups excluding carboxylic acids is 1. The van der Waals surface area contributed by atoms with Crippen LogP contribution < -0.4 is 14.8 Å². The second-order valence-electron chi connectivity index (χ2n) is 4.83. The predicted molar refractivity (Wildman–Crippen MR) is 74.9 cm³/mol. The first kappa shape index (κ1) is 13.4. The number of aryl methyl sites for hydroxylation is 1. The Labute approximate surface area is 121 Å². The lowest BCUT2D eigenvalue weighted by Crippen LogP contribution is -2.22. The Morgan fingerprint density at radius 2 is 2.00 bits per heavy atom. The van der Waals surface area contributed by atoms with Crippen LogP contribution in [0.3, 0.4) is 0 Å². The normalized spacial score (nSPS) is 12.3. The number of halogens is 1. The number of hydrogen-bond acceptors (Lipinski definition) is 3. The van der Waals surface area contributed by atoms with E-state index in [4.69, 9.17) is 9.47 Å². The third kappa shape index (κ3) is 2.81. The monoisotopic (exact) mass is 287 g/mol. The molecule has 4 nitrogen and oxygen atoms in total. The number of rotatable bonds is 3. The van der Waals surface area contributed by atoms with E-state index in [0.717, 1.165) is 5.56 Å². The maximum absolute atomic E-state index is 13.2. The first-order valence-corrected chi connectivity index (χ1v) is 6.56. The molecule has 0 saturated carbocycles. The highest BCUT2D eigenvalue weighted by Gasteiger charge is 2.16. The fraction of sp³-hybridized carbons (Fsp3) is 0.188. The van der Waals surface area contributed by atoms with Crippen molar-refractivity contribution >= 4 is 5.91 Å². The summed E-state index contributed by atoms with van der Waals surface area (Å²) in [5.41, 5.74) is 1.91. The van der Waals surface area contributed by atoms with Crippen LogP contribution in [0.2, 0.25) is 0 Å². The van der Waals surface area contributed by atoms with Crippen LogP contribution in [0, 0.1) is 12.7 Å². The highest BCUT2D eigenvalue weighted by atomic mass is 19.1. The van der Waals surface area contributed by atoms with E-state index in [9.17, 15) is 9.18 Å². The minimum Gasteiger partial charge on any atom is -0.454 e. The Balaban J connectivity index is 1.67. The van der Waals surface area contributed by atoms with Gasteiger partial charge in [-0.1, -0.05) is 12.1 Å². The molecule has 1 amide bonds. The minimum absolute atomic E-state index is 0.176. The zero-order valence-electron chi connectivity index (χ0n) is 11.5. The second-order valence-corrected chi connectivity index (χ2v) is 4.83. The largest absolute Gasteiger partial charge is 0.454 e. The van der Waals surface area contributed by atoms with E-state index in [0.29, 0.717) is 29.2 Å². The van der Waals surface area contributed by atoms with Crippen molar-refractivity contribution in [3.8, 4) is 11.5 Å². The maximum Gasteiger partial charge on any atom is 0.251 e. The summed E-state index contributed by atoms with van der Waals surface area (Å²) in [6.07, 6.45) is 0. The molecule has 2 aromatic carbocycles. The zero-order valence-corrected chi connectivity index (χ0v) is 11.5. The van der Waals surface area contributed by atoms with Gasteiger partial charge in [-0.05, 0) is 42.3 Å². The van der Waals surface area contributed by atoms with E-state index in [-0.39, 0.29) is 18.5 Å². The third-order valence-electron chi connectivity index (χ3n) is 3.31. The van der Waals surface area contributed by atoms with Crippen molar-refractivity contribution in [3.05, 3.63) is 58.9 Å².